The Labute approximate surface area is 114 Å². The van der Waals surface area contributed by atoms with Gasteiger partial charge < -0.3 is 14.8 Å². The smallest absolute Gasteiger partial charge is 0.161 e. The van der Waals surface area contributed by atoms with E-state index in [9.17, 15) is 0 Å². The highest BCUT2D eigenvalue weighted by Gasteiger charge is 2.24. The van der Waals surface area contributed by atoms with E-state index >= 15 is 0 Å². The molecule has 4 nitrogen and oxygen atoms in total. The maximum absolute atomic E-state index is 5.65. The minimum atomic E-state index is 0.547. The molecule has 0 bridgehead atoms. The van der Waals surface area contributed by atoms with E-state index in [0.717, 1.165) is 31.1 Å². The molecule has 0 amide bonds. The van der Waals surface area contributed by atoms with Gasteiger partial charge in [-0.1, -0.05) is 6.07 Å². The third-order valence-corrected chi connectivity index (χ3v) is 4.16. The van der Waals surface area contributed by atoms with Gasteiger partial charge in [-0.15, -0.1) is 0 Å². The Morgan fingerprint density at radius 3 is 2.84 bits per heavy atom. The average molecular weight is 262 g/mol. The maximum atomic E-state index is 5.65. The maximum Gasteiger partial charge on any atom is 0.161 e. The standard InChI is InChI=1S/C15H22N2O2/c1-11-12(2)17(6-5-16-11)10-13-3-4-14-15(9-13)19-8-7-18-14/h3-4,9,11-12,16H,5-8,10H2,1-2H3/t11-,12-/m1/s1. The highest BCUT2D eigenvalue weighted by Crippen LogP contribution is 2.31. The Hall–Kier alpha value is -1.26. The van der Waals surface area contributed by atoms with E-state index < -0.39 is 0 Å². The van der Waals surface area contributed by atoms with Gasteiger partial charge in [0.1, 0.15) is 13.2 Å². The Morgan fingerprint density at radius 1 is 1.21 bits per heavy atom. The second-order valence-electron chi connectivity index (χ2n) is 5.43. The molecule has 104 valence electrons. The number of rotatable bonds is 2. The third-order valence-electron chi connectivity index (χ3n) is 4.16. The lowest BCUT2D eigenvalue weighted by Crippen LogP contribution is -2.54. The molecule has 2 aliphatic rings. The van der Waals surface area contributed by atoms with Crippen molar-refractivity contribution in [1.29, 1.82) is 0 Å². The minimum absolute atomic E-state index is 0.547. The van der Waals surface area contributed by atoms with Crippen molar-refractivity contribution >= 4 is 0 Å². The third kappa shape index (κ3) is 2.69. The zero-order valence-electron chi connectivity index (χ0n) is 11.7. The summed E-state index contributed by atoms with van der Waals surface area (Å²) in [7, 11) is 0. The SMILES string of the molecule is C[C@@H]1[C@@H](C)NCCN1Cc1ccc2c(c1)OCCO2. The van der Waals surface area contributed by atoms with Crippen molar-refractivity contribution in [2.75, 3.05) is 26.3 Å². The molecule has 1 fully saturated rings. The molecule has 2 aliphatic heterocycles. The Bertz CT molecular complexity index is 450. The predicted octanol–water partition coefficient (Wildman–Crippen LogP) is 1.64. The van der Waals surface area contributed by atoms with Gasteiger partial charge in [0.15, 0.2) is 11.5 Å². The molecule has 19 heavy (non-hydrogen) atoms. The first-order valence-corrected chi connectivity index (χ1v) is 7.10. The lowest BCUT2D eigenvalue weighted by molar-refractivity contribution is 0.130. The number of nitrogens with zero attached hydrogens (tertiary/aromatic N) is 1. The molecule has 2 atom stereocenters. The Kier molecular flexibility index (Phi) is 3.62. The first kappa shape index (κ1) is 12.8. The molecule has 2 heterocycles. The van der Waals surface area contributed by atoms with Gasteiger partial charge in [-0.25, -0.2) is 0 Å². The summed E-state index contributed by atoms with van der Waals surface area (Å²) in [5.41, 5.74) is 1.30. The van der Waals surface area contributed by atoms with Crippen molar-refractivity contribution in [2.45, 2.75) is 32.5 Å². The second kappa shape index (κ2) is 5.39. The number of benzene rings is 1. The zero-order valence-corrected chi connectivity index (χ0v) is 11.7. The number of hydrogen-bond acceptors (Lipinski definition) is 4. The van der Waals surface area contributed by atoms with Gasteiger partial charge in [0.05, 0.1) is 0 Å². The van der Waals surface area contributed by atoms with Gasteiger partial charge in [0, 0.05) is 31.7 Å². The van der Waals surface area contributed by atoms with Gasteiger partial charge in [0.25, 0.3) is 0 Å². The van der Waals surface area contributed by atoms with Gasteiger partial charge in [-0.2, -0.15) is 0 Å². The molecule has 0 saturated carbocycles. The lowest BCUT2D eigenvalue weighted by Gasteiger charge is -2.38. The fourth-order valence-electron chi connectivity index (χ4n) is 2.77. The minimum Gasteiger partial charge on any atom is -0.486 e. The number of hydrogen-bond donors (Lipinski definition) is 1. The molecule has 1 aromatic carbocycles. The molecular weight excluding hydrogens is 240 g/mol. The van der Waals surface area contributed by atoms with Crippen LogP contribution in [-0.2, 0) is 6.54 Å². The monoisotopic (exact) mass is 262 g/mol. The van der Waals surface area contributed by atoms with Crippen LogP contribution in [0.4, 0.5) is 0 Å². The zero-order chi connectivity index (χ0) is 13.2. The van der Waals surface area contributed by atoms with E-state index in [0.29, 0.717) is 25.3 Å². The number of nitrogens with one attached hydrogen (secondary N) is 1. The summed E-state index contributed by atoms with van der Waals surface area (Å²) in [5, 5.41) is 3.51. The molecule has 0 aliphatic carbocycles. The molecule has 0 spiro atoms. The lowest BCUT2D eigenvalue weighted by atomic mass is 10.1. The van der Waals surface area contributed by atoms with Crippen molar-refractivity contribution < 1.29 is 9.47 Å². The van der Waals surface area contributed by atoms with Crippen LogP contribution >= 0.6 is 0 Å². The van der Waals surface area contributed by atoms with E-state index in [2.05, 4.69) is 36.2 Å². The molecule has 1 aromatic rings. The predicted molar refractivity (Wildman–Crippen MR) is 74.8 cm³/mol. The number of fused-ring (bicyclic) bond motifs is 1. The number of ether oxygens (including phenoxy) is 2. The molecular formula is C15H22N2O2. The van der Waals surface area contributed by atoms with Crippen LogP contribution in [-0.4, -0.2) is 43.3 Å². The van der Waals surface area contributed by atoms with Crippen molar-refractivity contribution in [3.63, 3.8) is 0 Å². The molecule has 0 aromatic heterocycles. The van der Waals surface area contributed by atoms with Crippen LogP contribution in [0.5, 0.6) is 11.5 Å². The summed E-state index contributed by atoms with van der Waals surface area (Å²) < 4.78 is 11.2. The highest BCUT2D eigenvalue weighted by molar-refractivity contribution is 5.43. The fraction of sp³-hybridized carbons (Fsp3) is 0.600. The van der Waals surface area contributed by atoms with Gasteiger partial charge >= 0.3 is 0 Å². The van der Waals surface area contributed by atoms with E-state index in [-0.39, 0.29) is 0 Å². The topological polar surface area (TPSA) is 33.7 Å². The summed E-state index contributed by atoms with van der Waals surface area (Å²) >= 11 is 0. The number of piperazine rings is 1. The van der Waals surface area contributed by atoms with Crippen LogP contribution in [0.1, 0.15) is 19.4 Å². The van der Waals surface area contributed by atoms with Crippen LogP contribution in [0.25, 0.3) is 0 Å². The van der Waals surface area contributed by atoms with E-state index in [1.807, 2.05) is 6.07 Å². The summed E-state index contributed by atoms with van der Waals surface area (Å²) in [4.78, 5) is 2.52. The van der Waals surface area contributed by atoms with Gasteiger partial charge in [-0.3, -0.25) is 4.90 Å². The Balaban J connectivity index is 1.72. The summed E-state index contributed by atoms with van der Waals surface area (Å²) in [6.45, 7) is 8.98. The molecule has 1 N–H and O–H groups in total. The Morgan fingerprint density at radius 2 is 2.00 bits per heavy atom. The van der Waals surface area contributed by atoms with E-state index in [1.54, 1.807) is 0 Å². The van der Waals surface area contributed by atoms with Crippen molar-refractivity contribution in [3.05, 3.63) is 23.8 Å². The van der Waals surface area contributed by atoms with Crippen LogP contribution in [0.3, 0.4) is 0 Å². The van der Waals surface area contributed by atoms with Crippen LogP contribution < -0.4 is 14.8 Å². The quantitative estimate of drug-likeness (QED) is 0.878. The van der Waals surface area contributed by atoms with E-state index in [1.165, 1.54) is 5.56 Å². The molecule has 4 heteroatoms. The van der Waals surface area contributed by atoms with Crippen molar-refractivity contribution in [3.8, 4) is 11.5 Å². The summed E-state index contributed by atoms with van der Waals surface area (Å²) in [6, 6.07) is 7.40. The summed E-state index contributed by atoms with van der Waals surface area (Å²) in [6.07, 6.45) is 0. The first-order chi connectivity index (χ1) is 9.24. The van der Waals surface area contributed by atoms with Crippen LogP contribution in [0.2, 0.25) is 0 Å². The van der Waals surface area contributed by atoms with Gasteiger partial charge in [0.2, 0.25) is 0 Å². The van der Waals surface area contributed by atoms with Crippen LogP contribution in [0.15, 0.2) is 18.2 Å². The molecule has 0 unspecified atom stereocenters. The second-order valence-corrected chi connectivity index (χ2v) is 5.43. The van der Waals surface area contributed by atoms with Crippen molar-refractivity contribution in [1.82, 2.24) is 10.2 Å². The highest BCUT2D eigenvalue weighted by atomic mass is 16.6. The van der Waals surface area contributed by atoms with Crippen LogP contribution in [0, 0.1) is 0 Å². The van der Waals surface area contributed by atoms with Gasteiger partial charge in [-0.05, 0) is 31.5 Å². The average Bonchev–Trinajstić information content (AvgIpc) is 2.44. The van der Waals surface area contributed by atoms with E-state index in [4.69, 9.17) is 9.47 Å². The molecule has 1 saturated heterocycles. The normalized spacial score (nSPS) is 27.3. The van der Waals surface area contributed by atoms with Crippen molar-refractivity contribution in [2.24, 2.45) is 0 Å². The molecule has 3 rings (SSSR count). The molecule has 0 radical (unpaired) electrons. The first-order valence-electron chi connectivity index (χ1n) is 7.10. The largest absolute Gasteiger partial charge is 0.486 e. The fourth-order valence-corrected chi connectivity index (χ4v) is 2.77. The summed E-state index contributed by atoms with van der Waals surface area (Å²) in [5.74, 6) is 1.76.